The maximum Gasteiger partial charge on any atom is 0.411 e. The van der Waals surface area contributed by atoms with Crippen molar-refractivity contribution in [2.24, 2.45) is 0 Å². The largest absolute Gasteiger partial charge is 0.479 e. The summed E-state index contributed by atoms with van der Waals surface area (Å²) in [5.74, 6) is 2.94. The van der Waals surface area contributed by atoms with E-state index in [1.807, 2.05) is 36.4 Å². The van der Waals surface area contributed by atoms with Crippen molar-refractivity contribution in [2.75, 3.05) is 18.5 Å². The molecule has 1 amide bonds. The molecule has 0 unspecified atom stereocenters. The number of fused-ring (bicyclic) bond motifs is 3. The summed E-state index contributed by atoms with van der Waals surface area (Å²) in [6.07, 6.45) is 4.71. The molecule has 0 aliphatic heterocycles. The van der Waals surface area contributed by atoms with Gasteiger partial charge in [0, 0.05) is 5.92 Å². The minimum absolute atomic E-state index is 0.0195. The number of carbonyl (C=O) groups is 1. The Morgan fingerprint density at radius 3 is 2.21 bits per heavy atom. The van der Waals surface area contributed by atoms with Crippen LogP contribution >= 0.6 is 0 Å². The van der Waals surface area contributed by atoms with Crippen LogP contribution in [0, 0.1) is 12.3 Å². The summed E-state index contributed by atoms with van der Waals surface area (Å²) in [5.41, 5.74) is 5.26. The second-order valence-electron chi connectivity index (χ2n) is 6.44. The molecular weight excluding hydrogens is 350 g/mol. The molecule has 0 aromatic heterocycles. The molecule has 0 saturated carbocycles. The van der Waals surface area contributed by atoms with E-state index in [1.165, 1.54) is 22.3 Å². The first-order valence-corrected chi connectivity index (χ1v) is 9.05. The van der Waals surface area contributed by atoms with Crippen LogP contribution in [0.25, 0.3) is 11.1 Å². The van der Waals surface area contributed by atoms with Crippen molar-refractivity contribution in [1.29, 1.82) is 0 Å². The fourth-order valence-electron chi connectivity index (χ4n) is 3.56. The first-order chi connectivity index (χ1) is 13.8. The van der Waals surface area contributed by atoms with Crippen LogP contribution < -0.4 is 10.1 Å². The lowest BCUT2D eigenvalue weighted by Gasteiger charge is -2.15. The van der Waals surface area contributed by atoms with Crippen molar-refractivity contribution in [3.63, 3.8) is 0 Å². The molecule has 0 spiro atoms. The quantitative estimate of drug-likeness (QED) is 0.640. The summed E-state index contributed by atoms with van der Waals surface area (Å²) >= 11 is 0. The topological polar surface area (TPSA) is 47.6 Å². The monoisotopic (exact) mass is 369 g/mol. The highest BCUT2D eigenvalue weighted by Gasteiger charge is 2.29. The molecule has 138 valence electrons. The van der Waals surface area contributed by atoms with Crippen LogP contribution in [0.15, 0.2) is 72.8 Å². The molecule has 4 rings (SSSR count). The van der Waals surface area contributed by atoms with Crippen LogP contribution in [0.3, 0.4) is 0 Å². The molecule has 0 fully saturated rings. The van der Waals surface area contributed by atoms with Crippen molar-refractivity contribution in [3.05, 3.63) is 83.9 Å². The molecule has 0 heterocycles. The molecule has 1 aliphatic carbocycles. The third kappa shape index (κ3) is 3.43. The summed E-state index contributed by atoms with van der Waals surface area (Å²) in [7, 11) is 0. The lowest BCUT2D eigenvalue weighted by molar-refractivity contribution is 0.158. The van der Waals surface area contributed by atoms with Crippen molar-refractivity contribution in [3.8, 4) is 29.2 Å². The van der Waals surface area contributed by atoms with Crippen LogP contribution in [0.4, 0.5) is 10.5 Å². The van der Waals surface area contributed by atoms with Gasteiger partial charge in [0.05, 0.1) is 5.69 Å². The fourth-order valence-corrected chi connectivity index (χ4v) is 3.56. The molecule has 1 aliphatic rings. The molecular formula is C24H19NO3. The van der Waals surface area contributed by atoms with Gasteiger partial charge in [-0.15, -0.1) is 6.42 Å². The molecule has 1 N–H and O–H groups in total. The first kappa shape index (κ1) is 17.7. The van der Waals surface area contributed by atoms with Gasteiger partial charge in [0.15, 0.2) is 0 Å². The third-order valence-electron chi connectivity index (χ3n) is 4.78. The molecule has 3 aromatic rings. The average Bonchev–Trinajstić information content (AvgIpc) is 3.05. The van der Waals surface area contributed by atoms with Crippen LogP contribution in [0.1, 0.15) is 17.0 Å². The van der Waals surface area contributed by atoms with Crippen molar-refractivity contribution in [1.82, 2.24) is 0 Å². The van der Waals surface area contributed by atoms with Gasteiger partial charge in [-0.05, 0) is 34.4 Å². The van der Waals surface area contributed by atoms with Crippen LogP contribution in [0.2, 0.25) is 0 Å². The lowest BCUT2D eigenvalue weighted by atomic mass is 9.98. The Balaban J connectivity index is 1.47. The summed E-state index contributed by atoms with van der Waals surface area (Å²) in [6, 6.07) is 23.6. The van der Waals surface area contributed by atoms with Gasteiger partial charge in [0.1, 0.15) is 19.0 Å². The summed E-state index contributed by atoms with van der Waals surface area (Å²) in [6.45, 7) is 0.386. The maximum atomic E-state index is 12.4. The summed E-state index contributed by atoms with van der Waals surface area (Å²) in [5, 5.41) is 2.74. The van der Waals surface area contributed by atoms with Gasteiger partial charge in [0.25, 0.3) is 0 Å². The number of hydrogen-bond donors (Lipinski definition) is 1. The lowest BCUT2D eigenvalue weighted by Crippen LogP contribution is -2.18. The second-order valence-corrected chi connectivity index (χ2v) is 6.44. The van der Waals surface area contributed by atoms with Crippen molar-refractivity contribution < 1.29 is 14.3 Å². The van der Waals surface area contributed by atoms with E-state index in [0.717, 1.165) is 0 Å². The summed E-state index contributed by atoms with van der Waals surface area (Å²) in [4.78, 5) is 12.4. The zero-order valence-electron chi connectivity index (χ0n) is 15.2. The van der Waals surface area contributed by atoms with E-state index in [2.05, 4.69) is 35.5 Å². The molecule has 0 atom stereocenters. The Labute approximate surface area is 164 Å². The highest BCUT2D eigenvalue weighted by Crippen LogP contribution is 2.44. The van der Waals surface area contributed by atoms with Gasteiger partial charge in [-0.25, -0.2) is 4.79 Å². The highest BCUT2D eigenvalue weighted by atomic mass is 16.5. The number of nitrogens with one attached hydrogen (secondary N) is 1. The maximum absolute atomic E-state index is 12.4. The minimum atomic E-state index is -0.529. The molecule has 4 heteroatoms. The third-order valence-corrected chi connectivity index (χ3v) is 4.78. The van der Waals surface area contributed by atoms with Crippen LogP contribution in [-0.2, 0) is 4.74 Å². The van der Waals surface area contributed by atoms with E-state index in [0.29, 0.717) is 11.4 Å². The zero-order valence-corrected chi connectivity index (χ0v) is 15.2. The Bertz CT molecular complexity index is 1010. The highest BCUT2D eigenvalue weighted by molar-refractivity contribution is 5.87. The van der Waals surface area contributed by atoms with Gasteiger partial charge < -0.3 is 9.47 Å². The minimum Gasteiger partial charge on any atom is -0.479 e. The van der Waals surface area contributed by atoms with E-state index < -0.39 is 6.09 Å². The van der Waals surface area contributed by atoms with Crippen LogP contribution in [0.5, 0.6) is 5.75 Å². The smallest absolute Gasteiger partial charge is 0.411 e. The number of para-hydroxylation sites is 2. The van der Waals surface area contributed by atoms with Crippen molar-refractivity contribution >= 4 is 11.8 Å². The first-order valence-electron chi connectivity index (χ1n) is 9.05. The normalized spacial score (nSPS) is 11.8. The van der Waals surface area contributed by atoms with Gasteiger partial charge in [-0.3, -0.25) is 5.32 Å². The van der Waals surface area contributed by atoms with E-state index in [9.17, 15) is 4.79 Å². The van der Waals surface area contributed by atoms with Gasteiger partial charge in [0.2, 0.25) is 0 Å². The number of amides is 1. The van der Waals surface area contributed by atoms with E-state index >= 15 is 0 Å². The number of ether oxygens (including phenoxy) is 2. The SMILES string of the molecule is C#CCOc1ccccc1NC(=O)OCC1c2ccccc2-c2ccccc21. The fraction of sp³-hybridized carbons (Fsp3) is 0.125. The number of rotatable bonds is 5. The molecule has 0 saturated heterocycles. The Morgan fingerprint density at radius 1 is 0.929 bits per heavy atom. The predicted octanol–water partition coefficient (Wildman–Crippen LogP) is 5.06. The van der Waals surface area contributed by atoms with Gasteiger partial charge in [-0.2, -0.15) is 0 Å². The molecule has 4 nitrogen and oxygen atoms in total. The standard InChI is InChI=1S/C24H19NO3/c1-2-15-27-23-14-8-7-13-22(23)25-24(26)28-16-21-19-11-5-3-9-17(19)18-10-4-6-12-20(18)21/h1,3-14,21H,15-16H2,(H,25,26). The molecule has 28 heavy (non-hydrogen) atoms. The van der Waals surface area contributed by atoms with Crippen molar-refractivity contribution in [2.45, 2.75) is 5.92 Å². The van der Waals surface area contributed by atoms with E-state index in [1.54, 1.807) is 12.1 Å². The Hall–Kier alpha value is -3.71. The number of terminal acetylenes is 1. The predicted molar refractivity (Wildman–Crippen MR) is 109 cm³/mol. The van der Waals surface area contributed by atoms with E-state index in [4.69, 9.17) is 15.9 Å². The number of hydrogen-bond acceptors (Lipinski definition) is 3. The Morgan fingerprint density at radius 2 is 1.54 bits per heavy atom. The average molecular weight is 369 g/mol. The molecule has 3 aromatic carbocycles. The number of anilines is 1. The molecule has 0 bridgehead atoms. The summed E-state index contributed by atoms with van der Waals surface area (Å²) < 4.78 is 11.0. The van der Waals surface area contributed by atoms with Gasteiger partial charge in [-0.1, -0.05) is 66.6 Å². The zero-order chi connectivity index (χ0) is 19.3. The van der Waals surface area contributed by atoms with Crippen LogP contribution in [-0.4, -0.2) is 19.3 Å². The number of carbonyl (C=O) groups excluding carboxylic acids is 1. The van der Waals surface area contributed by atoms with Gasteiger partial charge >= 0.3 is 6.09 Å². The Kier molecular flexibility index (Phi) is 4.99. The second kappa shape index (κ2) is 7.89. The number of benzene rings is 3. The van der Waals surface area contributed by atoms with E-state index in [-0.39, 0.29) is 19.1 Å². The molecule has 0 radical (unpaired) electrons.